The molecule has 0 unspecified atom stereocenters. The number of amides is 1. The fourth-order valence-corrected chi connectivity index (χ4v) is 2.26. The maximum Gasteiger partial charge on any atom is 0.274 e. The molecule has 2 N–H and O–H groups in total. The van der Waals surface area contributed by atoms with Crippen molar-refractivity contribution in [1.82, 2.24) is 14.7 Å². The fourth-order valence-electron chi connectivity index (χ4n) is 2.26. The van der Waals surface area contributed by atoms with Crippen LogP contribution in [-0.2, 0) is 6.54 Å². The van der Waals surface area contributed by atoms with E-state index in [1.54, 1.807) is 4.68 Å². The third-order valence-electron chi connectivity index (χ3n) is 3.39. The second kappa shape index (κ2) is 5.00. The molecule has 18 heavy (non-hydrogen) atoms. The van der Waals surface area contributed by atoms with Gasteiger partial charge in [-0.05, 0) is 33.1 Å². The van der Waals surface area contributed by atoms with Crippen molar-refractivity contribution in [3.63, 3.8) is 0 Å². The Morgan fingerprint density at radius 1 is 1.50 bits per heavy atom. The normalized spacial score (nSPS) is 14.8. The molecule has 1 aliphatic rings. The molecule has 1 saturated carbocycles. The van der Waals surface area contributed by atoms with Gasteiger partial charge in [-0.3, -0.25) is 9.48 Å². The number of carbonyl (C=O) groups is 1. The van der Waals surface area contributed by atoms with E-state index in [1.165, 1.54) is 0 Å². The van der Waals surface area contributed by atoms with Crippen LogP contribution in [0.5, 0.6) is 0 Å². The monoisotopic (exact) mass is 250 g/mol. The van der Waals surface area contributed by atoms with Crippen LogP contribution in [0.1, 0.15) is 49.3 Å². The second-order valence-electron chi connectivity index (χ2n) is 4.89. The average Bonchev–Trinajstić information content (AvgIpc) is 3.14. The van der Waals surface area contributed by atoms with Crippen LogP contribution in [0.2, 0.25) is 0 Å². The summed E-state index contributed by atoms with van der Waals surface area (Å²) in [5.74, 6) is 0.0410. The Bertz CT molecular complexity index is 448. The minimum atomic E-state index is 0.0410. The summed E-state index contributed by atoms with van der Waals surface area (Å²) >= 11 is 0. The summed E-state index contributed by atoms with van der Waals surface area (Å²) in [5.41, 5.74) is 7.84. The maximum atomic E-state index is 12.6. The summed E-state index contributed by atoms with van der Waals surface area (Å²) in [5, 5.41) is 4.32. The Kier molecular flexibility index (Phi) is 3.59. The van der Waals surface area contributed by atoms with Crippen molar-refractivity contribution in [2.45, 2.75) is 52.6 Å². The number of nitrogens with two attached hydrogens (primary N) is 1. The third-order valence-corrected chi connectivity index (χ3v) is 3.39. The highest BCUT2D eigenvalue weighted by molar-refractivity contribution is 5.98. The van der Waals surface area contributed by atoms with Crippen molar-refractivity contribution in [2.75, 3.05) is 12.3 Å². The van der Waals surface area contributed by atoms with Crippen molar-refractivity contribution in [3.8, 4) is 0 Å². The zero-order chi connectivity index (χ0) is 13.3. The van der Waals surface area contributed by atoms with Crippen molar-refractivity contribution in [1.29, 1.82) is 0 Å². The smallest absolute Gasteiger partial charge is 0.274 e. The SMILES string of the molecule is CCCN(C(=O)c1c(N)c(C)nn1CC)C1CC1. The first-order chi connectivity index (χ1) is 8.60. The van der Waals surface area contributed by atoms with Crippen LogP contribution in [0.15, 0.2) is 0 Å². The molecule has 1 aromatic heterocycles. The van der Waals surface area contributed by atoms with E-state index in [-0.39, 0.29) is 5.91 Å². The highest BCUT2D eigenvalue weighted by Crippen LogP contribution is 2.30. The van der Waals surface area contributed by atoms with E-state index < -0.39 is 0 Å². The lowest BCUT2D eigenvalue weighted by Crippen LogP contribution is -2.35. The Morgan fingerprint density at radius 3 is 2.67 bits per heavy atom. The lowest BCUT2D eigenvalue weighted by molar-refractivity contribution is 0.0731. The minimum absolute atomic E-state index is 0.0410. The molecule has 0 saturated heterocycles. The molecule has 1 aromatic rings. The van der Waals surface area contributed by atoms with Gasteiger partial charge in [0.15, 0.2) is 0 Å². The van der Waals surface area contributed by atoms with E-state index in [9.17, 15) is 4.79 Å². The van der Waals surface area contributed by atoms with Crippen LogP contribution in [0.4, 0.5) is 5.69 Å². The van der Waals surface area contributed by atoms with Gasteiger partial charge in [-0.15, -0.1) is 0 Å². The zero-order valence-corrected chi connectivity index (χ0v) is 11.4. The van der Waals surface area contributed by atoms with Crippen LogP contribution in [0.25, 0.3) is 0 Å². The molecule has 0 aromatic carbocycles. The number of aromatic nitrogens is 2. The van der Waals surface area contributed by atoms with Gasteiger partial charge in [-0.25, -0.2) is 0 Å². The topological polar surface area (TPSA) is 64.2 Å². The third kappa shape index (κ3) is 2.21. The molecule has 5 nitrogen and oxygen atoms in total. The van der Waals surface area contributed by atoms with E-state index in [0.29, 0.717) is 24.0 Å². The van der Waals surface area contributed by atoms with Gasteiger partial charge in [0.05, 0.1) is 11.4 Å². The van der Waals surface area contributed by atoms with E-state index in [4.69, 9.17) is 5.73 Å². The molecule has 1 heterocycles. The van der Waals surface area contributed by atoms with Crippen molar-refractivity contribution >= 4 is 11.6 Å². The van der Waals surface area contributed by atoms with Crippen LogP contribution in [0, 0.1) is 6.92 Å². The summed E-state index contributed by atoms with van der Waals surface area (Å²) in [4.78, 5) is 14.6. The molecular formula is C13H22N4O. The Morgan fingerprint density at radius 2 is 2.17 bits per heavy atom. The molecule has 0 aliphatic heterocycles. The predicted octanol–water partition coefficient (Wildman–Crippen LogP) is 1.81. The lowest BCUT2D eigenvalue weighted by atomic mass is 10.2. The first kappa shape index (κ1) is 12.9. The largest absolute Gasteiger partial charge is 0.395 e. The summed E-state index contributed by atoms with van der Waals surface area (Å²) < 4.78 is 1.72. The van der Waals surface area contributed by atoms with Crippen LogP contribution < -0.4 is 5.73 Å². The number of nitrogens with zero attached hydrogens (tertiary/aromatic N) is 3. The Balaban J connectivity index is 2.31. The number of rotatable bonds is 5. The van der Waals surface area contributed by atoms with Gasteiger partial charge in [-0.1, -0.05) is 6.92 Å². The molecule has 0 bridgehead atoms. The quantitative estimate of drug-likeness (QED) is 0.866. The number of hydrogen-bond donors (Lipinski definition) is 1. The Labute approximate surface area is 108 Å². The molecule has 1 fully saturated rings. The van der Waals surface area contributed by atoms with Crippen LogP contribution in [0.3, 0.4) is 0 Å². The van der Waals surface area contributed by atoms with Crippen molar-refractivity contribution in [2.24, 2.45) is 0 Å². The summed E-state index contributed by atoms with van der Waals surface area (Å²) in [6.07, 6.45) is 3.21. The minimum Gasteiger partial charge on any atom is -0.395 e. The fraction of sp³-hybridized carbons (Fsp3) is 0.692. The van der Waals surface area contributed by atoms with E-state index in [0.717, 1.165) is 31.5 Å². The standard InChI is InChI=1S/C13H22N4O/c1-4-8-16(10-6-7-10)13(18)12-11(14)9(3)15-17(12)5-2/h10H,4-8,14H2,1-3H3. The van der Waals surface area contributed by atoms with Crippen LogP contribution in [-0.4, -0.2) is 33.2 Å². The molecule has 100 valence electrons. The molecule has 2 rings (SSSR count). The zero-order valence-electron chi connectivity index (χ0n) is 11.4. The van der Waals surface area contributed by atoms with Crippen molar-refractivity contribution in [3.05, 3.63) is 11.4 Å². The van der Waals surface area contributed by atoms with Gasteiger partial charge >= 0.3 is 0 Å². The van der Waals surface area contributed by atoms with Crippen LogP contribution >= 0.6 is 0 Å². The number of carbonyl (C=O) groups excluding carboxylic acids is 1. The number of nitrogen functional groups attached to an aromatic ring is 1. The summed E-state index contributed by atoms with van der Waals surface area (Å²) in [7, 11) is 0. The first-order valence-electron chi connectivity index (χ1n) is 6.73. The average molecular weight is 250 g/mol. The van der Waals surface area contributed by atoms with Gasteiger partial charge in [0, 0.05) is 19.1 Å². The number of anilines is 1. The molecule has 0 radical (unpaired) electrons. The predicted molar refractivity (Wildman–Crippen MR) is 71.4 cm³/mol. The molecule has 1 amide bonds. The maximum absolute atomic E-state index is 12.6. The van der Waals surface area contributed by atoms with Gasteiger partial charge < -0.3 is 10.6 Å². The highest BCUT2D eigenvalue weighted by atomic mass is 16.2. The number of hydrogen-bond acceptors (Lipinski definition) is 3. The molecule has 5 heteroatoms. The Hall–Kier alpha value is -1.52. The summed E-state index contributed by atoms with van der Waals surface area (Å²) in [6, 6.07) is 0.414. The second-order valence-corrected chi connectivity index (χ2v) is 4.89. The lowest BCUT2D eigenvalue weighted by Gasteiger charge is -2.22. The number of aryl methyl sites for hydroxylation is 2. The van der Waals surface area contributed by atoms with E-state index in [1.807, 2.05) is 18.7 Å². The molecule has 0 atom stereocenters. The highest BCUT2D eigenvalue weighted by Gasteiger charge is 2.34. The first-order valence-corrected chi connectivity index (χ1v) is 6.73. The molecule has 0 spiro atoms. The van der Waals surface area contributed by atoms with Gasteiger partial charge in [0.25, 0.3) is 5.91 Å². The molecular weight excluding hydrogens is 228 g/mol. The van der Waals surface area contributed by atoms with Crippen molar-refractivity contribution < 1.29 is 4.79 Å². The van der Waals surface area contributed by atoms with E-state index in [2.05, 4.69) is 12.0 Å². The van der Waals surface area contributed by atoms with Gasteiger partial charge in [0.1, 0.15) is 5.69 Å². The van der Waals surface area contributed by atoms with E-state index >= 15 is 0 Å². The summed E-state index contributed by atoms with van der Waals surface area (Å²) in [6.45, 7) is 7.39. The van der Waals surface area contributed by atoms with Gasteiger partial charge in [-0.2, -0.15) is 5.10 Å². The molecule has 1 aliphatic carbocycles. The van der Waals surface area contributed by atoms with Gasteiger partial charge in [0.2, 0.25) is 0 Å².